The fourth-order valence-electron chi connectivity index (χ4n) is 1.34. The molecule has 1 aromatic rings. The van der Waals surface area contributed by atoms with Crippen molar-refractivity contribution in [1.82, 2.24) is 10.5 Å². The molecule has 0 spiro atoms. The van der Waals surface area contributed by atoms with E-state index in [9.17, 15) is 0 Å². The molecule has 1 aliphatic heterocycles. The minimum absolute atomic E-state index is 0.154. The van der Waals surface area contributed by atoms with Gasteiger partial charge in [-0.3, -0.25) is 4.99 Å². The molecule has 0 atom stereocenters. The van der Waals surface area contributed by atoms with Crippen LogP contribution in [0.15, 0.2) is 15.6 Å². The highest BCUT2D eigenvalue weighted by Crippen LogP contribution is 2.22. The second kappa shape index (κ2) is 3.89. The number of hydrogen-bond donors (Lipinski definition) is 1. The maximum atomic E-state index is 5.08. The second-order valence-electron chi connectivity index (χ2n) is 4.35. The van der Waals surface area contributed by atoms with Crippen LogP contribution < -0.4 is 5.32 Å². The molecule has 4 nitrogen and oxygen atoms in total. The van der Waals surface area contributed by atoms with Crippen LogP contribution in [0.3, 0.4) is 0 Å². The predicted octanol–water partition coefficient (Wildman–Crippen LogP) is 1.95. The van der Waals surface area contributed by atoms with Crippen molar-refractivity contribution in [3.8, 4) is 0 Å². The van der Waals surface area contributed by atoms with Gasteiger partial charge < -0.3 is 9.84 Å². The normalized spacial score (nSPS) is 21.9. The molecule has 2 heterocycles. The molecule has 15 heavy (non-hydrogen) atoms. The number of rotatable bonds is 2. The highest BCUT2D eigenvalue weighted by molar-refractivity contribution is 8.14. The van der Waals surface area contributed by atoms with Gasteiger partial charge in [0.05, 0.1) is 5.69 Å². The molecular formula is C10H15N3OS. The lowest BCUT2D eigenvalue weighted by atomic mass is 10.1. The van der Waals surface area contributed by atoms with Gasteiger partial charge in [0, 0.05) is 17.4 Å². The first-order valence-corrected chi connectivity index (χ1v) is 5.91. The Morgan fingerprint density at radius 1 is 1.67 bits per heavy atom. The molecule has 1 aliphatic rings. The molecule has 2 rings (SSSR count). The van der Waals surface area contributed by atoms with Gasteiger partial charge >= 0.3 is 0 Å². The average molecular weight is 225 g/mol. The van der Waals surface area contributed by atoms with E-state index in [1.807, 2.05) is 13.0 Å². The van der Waals surface area contributed by atoms with Crippen molar-refractivity contribution in [2.45, 2.75) is 32.9 Å². The molecule has 82 valence electrons. The number of aromatic nitrogens is 1. The summed E-state index contributed by atoms with van der Waals surface area (Å²) in [6.07, 6.45) is 0. The molecule has 1 fully saturated rings. The third-order valence-corrected chi connectivity index (χ3v) is 3.44. The van der Waals surface area contributed by atoms with Crippen molar-refractivity contribution < 1.29 is 4.52 Å². The molecule has 0 bridgehead atoms. The number of nitrogens with zero attached hydrogens (tertiary/aromatic N) is 2. The van der Waals surface area contributed by atoms with Gasteiger partial charge in [0.15, 0.2) is 10.9 Å². The van der Waals surface area contributed by atoms with Gasteiger partial charge in [-0.05, 0) is 20.8 Å². The molecular weight excluding hydrogens is 210 g/mol. The number of amidine groups is 1. The Hall–Kier alpha value is -0.970. The summed E-state index contributed by atoms with van der Waals surface area (Å²) in [5.41, 5.74) is 1.05. The minimum Gasteiger partial charge on any atom is -0.359 e. The Morgan fingerprint density at radius 3 is 3.00 bits per heavy atom. The van der Waals surface area contributed by atoms with E-state index in [0.29, 0.717) is 6.54 Å². The maximum Gasteiger partial charge on any atom is 0.158 e. The van der Waals surface area contributed by atoms with E-state index in [-0.39, 0.29) is 5.54 Å². The zero-order valence-electron chi connectivity index (χ0n) is 9.20. The van der Waals surface area contributed by atoms with Crippen LogP contribution in [0.5, 0.6) is 0 Å². The van der Waals surface area contributed by atoms with E-state index < -0.39 is 0 Å². The molecule has 5 heteroatoms. The topological polar surface area (TPSA) is 50.4 Å². The monoisotopic (exact) mass is 225 g/mol. The van der Waals surface area contributed by atoms with Crippen molar-refractivity contribution in [1.29, 1.82) is 0 Å². The summed E-state index contributed by atoms with van der Waals surface area (Å²) in [4.78, 5) is 4.44. The largest absolute Gasteiger partial charge is 0.359 e. The number of thioether (sulfide) groups is 1. The number of aliphatic imine (C=N–C) groups is 1. The standard InChI is InChI=1S/C10H15N3OS/c1-7-4-8(14-13-7)5-11-9-12-10(2,3)6-15-9/h4H,5-6H2,1-3H3,(H,11,12). The summed E-state index contributed by atoms with van der Waals surface area (Å²) in [6.45, 7) is 6.81. The summed E-state index contributed by atoms with van der Waals surface area (Å²) < 4.78 is 5.08. The van der Waals surface area contributed by atoms with Gasteiger partial charge in [0.1, 0.15) is 6.54 Å². The summed E-state index contributed by atoms with van der Waals surface area (Å²) in [6, 6.07) is 1.91. The first kappa shape index (κ1) is 10.5. The van der Waals surface area contributed by atoms with Crippen molar-refractivity contribution in [3.63, 3.8) is 0 Å². The number of nitrogens with one attached hydrogen (secondary N) is 1. The number of aryl methyl sites for hydroxylation is 1. The minimum atomic E-state index is 0.154. The van der Waals surface area contributed by atoms with Gasteiger partial charge in [-0.25, -0.2) is 0 Å². The summed E-state index contributed by atoms with van der Waals surface area (Å²) in [7, 11) is 0. The lowest BCUT2D eigenvalue weighted by molar-refractivity contribution is 0.381. The molecule has 1 N–H and O–H groups in total. The SMILES string of the molecule is Cc1cc(CN=C2NC(C)(C)CS2)on1. The first-order chi connectivity index (χ1) is 7.05. The van der Waals surface area contributed by atoms with Gasteiger partial charge in [-0.1, -0.05) is 16.9 Å². The summed E-state index contributed by atoms with van der Waals surface area (Å²) in [5, 5.41) is 8.17. The quantitative estimate of drug-likeness (QED) is 0.836. The molecule has 1 saturated heterocycles. The van der Waals surface area contributed by atoms with Crippen LogP contribution in [0.4, 0.5) is 0 Å². The molecule has 0 radical (unpaired) electrons. The van der Waals surface area contributed by atoms with Crippen LogP contribution in [0.2, 0.25) is 0 Å². The second-order valence-corrected chi connectivity index (χ2v) is 5.32. The van der Waals surface area contributed by atoms with E-state index in [2.05, 4.69) is 29.3 Å². The highest BCUT2D eigenvalue weighted by Gasteiger charge is 2.27. The average Bonchev–Trinajstić information content (AvgIpc) is 2.69. The zero-order chi connectivity index (χ0) is 10.9. The van der Waals surface area contributed by atoms with Crippen LogP contribution in [0, 0.1) is 6.92 Å². The van der Waals surface area contributed by atoms with Crippen molar-refractivity contribution in [3.05, 3.63) is 17.5 Å². The third-order valence-electron chi connectivity index (χ3n) is 2.07. The third kappa shape index (κ3) is 2.75. The van der Waals surface area contributed by atoms with Crippen molar-refractivity contribution >= 4 is 16.9 Å². The van der Waals surface area contributed by atoms with E-state index in [4.69, 9.17) is 4.52 Å². The zero-order valence-corrected chi connectivity index (χ0v) is 10.0. The Kier molecular flexibility index (Phi) is 2.73. The Bertz CT molecular complexity index is 384. The maximum absolute atomic E-state index is 5.08. The van der Waals surface area contributed by atoms with Gasteiger partial charge in [0.2, 0.25) is 0 Å². The molecule has 0 amide bonds. The summed E-state index contributed by atoms with van der Waals surface area (Å²) >= 11 is 1.75. The van der Waals surface area contributed by atoms with Crippen molar-refractivity contribution in [2.75, 3.05) is 5.75 Å². The van der Waals surface area contributed by atoms with Gasteiger partial charge in [-0.2, -0.15) is 0 Å². The van der Waals surface area contributed by atoms with E-state index in [1.165, 1.54) is 0 Å². The first-order valence-electron chi connectivity index (χ1n) is 4.93. The molecule has 0 aliphatic carbocycles. The van der Waals surface area contributed by atoms with E-state index in [1.54, 1.807) is 11.8 Å². The molecule has 0 saturated carbocycles. The van der Waals surface area contributed by atoms with Crippen LogP contribution >= 0.6 is 11.8 Å². The van der Waals surface area contributed by atoms with Crippen LogP contribution in [0.1, 0.15) is 25.3 Å². The Morgan fingerprint density at radius 2 is 2.47 bits per heavy atom. The fourth-order valence-corrected chi connectivity index (χ4v) is 2.41. The molecule has 0 aromatic carbocycles. The van der Waals surface area contributed by atoms with E-state index in [0.717, 1.165) is 22.4 Å². The predicted molar refractivity (Wildman–Crippen MR) is 62.1 cm³/mol. The number of hydrogen-bond acceptors (Lipinski definition) is 4. The fraction of sp³-hybridized carbons (Fsp3) is 0.600. The van der Waals surface area contributed by atoms with Gasteiger partial charge in [-0.15, -0.1) is 0 Å². The molecule has 0 unspecified atom stereocenters. The summed E-state index contributed by atoms with van der Waals surface area (Å²) in [5.74, 6) is 1.87. The molecule has 1 aromatic heterocycles. The van der Waals surface area contributed by atoms with Crippen molar-refractivity contribution in [2.24, 2.45) is 4.99 Å². The van der Waals surface area contributed by atoms with Crippen LogP contribution in [-0.4, -0.2) is 21.6 Å². The smallest absolute Gasteiger partial charge is 0.158 e. The van der Waals surface area contributed by atoms with Crippen LogP contribution in [-0.2, 0) is 6.54 Å². The Labute approximate surface area is 93.5 Å². The Balaban J connectivity index is 1.95. The highest BCUT2D eigenvalue weighted by atomic mass is 32.2. The van der Waals surface area contributed by atoms with E-state index >= 15 is 0 Å². The van der Waals surface area contributed by atoms with Gasteiger partial charge in [0.25, 0.3) is 0 Å². The van der Waals surface area contributed by atoms with Crippen LogP contribution in [0.25, 0.3) is 0 Å². The lowest BCUT2D eigenvalue weighted by Gasteiger charge is -2.15. The lowest BCUT2D eigenvalue weighted by Crippen LogP contribution is -2.36.